The van der Waals surface area contributed by atoms with Crippen LogP contribution in [0, 0.1) is 0 Å². The minimum atomic E-state index is 0.154. The van der Waals surface area contributed by atoms with Crippen molar-refractivity contribution >= 4 is 5.78 Å². The molecule has 3 nitrogen and oxygen atoms in total. The first kappa shape index (κ1) is 12.7. The van der Waals surface area contributed by atoms with E-state index in [2.05, 4.69) is 0 Å². The fourth-order valence-electron chi connectivity index (χ4n) is 2.37. The number of rotatable bonds is 3. The van der Waals surface area contributed by atoms with Crippen molar-refractivity contribution in [2.24, 2.45) is 0 Å². The van der Waals surface area contributed by atoms with E-state index in [1.54, 1.807) is 0 Å². The van der Waals surface area contributed by atoms with Crippen LogP contribution < -0.4 is 9.47 Å². The number of carbonyl (C=O) groups excluding carboxylic acids is 1. The van der Waals surface area contributed by atoms with Gasteiger partial charge < -0.3 is 9.47 Å². The summed E-state index contributed by atoms with van der Waals surface area (Å²) in [7, 11) is 0. The Morgan fingerprint density at radius 1 is 1.15 bits per heavy atom. The highest BCUT2D eigenvalue weighted by Crippen LogP contribution is 2.31. The molecule has 0 amide bonds. The van der Waals surface area contributed by atoms with E-state index in [0.717, 1.165) is 16.9 Å². The molecule has 0 atom stereocenters. The molecule has 0 spiro atoms. The summed E-state index contributed by atoms with van der Waals surface area (Å²) < 4.78 is 11.1. The molecule has 0 saturated carbocycles. The third-order valence-corrected chi connectivity index (χ3v) is 3.35. The summed E-state index contributed by atoms with van der Waals surface area (Å²) in [5.41, 5.74) is 2.77. The molecule has 0 unspecified atom stereocenters. The van der Waals surface area contributed by atoms with E-state index in [1.165, 1.54) is 0 Å². The third kappa shape index (κ3) is 2.39. The summed E-state index contributed by atoms with van der Waals surface area (Å²) in [6, 6.07) is 13.6. The lowest BCUT2D eigenvalue weighted by atomic mass is 9.99. The van der Waals surface area contributed by atoms with E-state index >= 15 is 0 Å². The Balaban J connectivity index is 1.98. The second-order valence-corrected chi connectivity index (χ2v) is 4.69. The number of carbonyl (C=O) groups is 1. The molecular formula is C17H16O3. The molecule has 0 aliphatic carbocycles. The molecule has 3 rings (SSSR count). The van der Waals surface area contributed by atoms with Crippen LogP contribution in [0.1, 0.15) is 23.7 Å². The lowest BCUT2D eigenvalue weighted by molar-refractivity contribution is 0.0933. The van der Waals surface area contributed by atoms with E-state index in [-0.39, 0.29) is 5.78 Å². The van der Waals surface area contributed by atoms with Crippen LogP contribution in [0.15, 0.2) is 42.5 Å². The molecule has 1 aliphatic rings. The standard InChI is InChI=1S/C17H16O3/c1-2-19-14-5-3-4-12(10-14)13-6-7-15-16(18)8-9-20-17(15)11-13/h3-7,10-11H,2,8-9H2,1H3. The highest BCUT2D eigenvalue weighted by atomic mass is 16.5. The summed E-state index contributed by atoms with van der Waals surface area (Å²) in [6.45, 7) is 3.07. The normalized spacial score (nSPS) is 13.6. The number of benzene rings is 2. The fourth-order valence-corrected chi connectivity index (χ4v) is 2.37. The molecular weight excluding hydrogens is 252 g/mol. The van der Waals surface area contributed by atoms with Gasteiger partial charge in [0.1, 0.15) is 11.5 Å². The Labute approximate surface area is 118 Å². The van der Waals surface area contributed by atoms with Crippen molar-refractivity contribution in [2.45, 2.75) is 13.3 Å². The van der Waals surface area contributed by atoms with Gasteiger partial charge in [0.15, 0.2) is 5.78 Å². The molecule has 0 fully saturated rings. The Bertz CT molecular complexity index is 646. The van der Waals surface area contributed by atoms with Crippen molar-refractivity contribution in [3.63, 3.8) is 0 Å². The van der Waals surface area contributed by atoms with Crippen molar-refractivity contribution in [1.29, 1.82) is 0 Å². The molecule has 3 heteroatoms. The van der Waals surface area contributed by atoms with Crippen molar-refractivity contribution in [3.05, 3.63) is 48.0 Å². The van der Waals surface area contributed by atoms with E-state index < -0.39 is 0 Å². The maximum Gasteiger partial charge on any atom is 0.169 e. The molecule has 20 heavy (non-hydrogen) atoms. The topological polar surface area (TPSA) is 35.5 Å². The van der Waals surface area contributed by atoms with Gasteiger partial charge in [-0.05, 0) is 42.3 Å². The second-order valence-electron chi connectivity index (χ2n) is 4.69. The molecule has 1 heterocycles. The first-order valence-corrected chi connectivity index (χ1v) is 6.81. The smallest absolute Gasteiger partial charge is 0.169 e. The van der Waals surface area contributed by atoms with Crippen LogP contribution in [-0.4, -0.2) is 19.0 Å². The van der Waals surface area contributed by atoms with Crippen LogP contribution in [0.2, 0.25) is 0 Å². The minimum Gasteiger partial charge on any atom is -0.494 e. The van der Waals surface area contributed by atoms with Crippen LogP contribution >= 0.6 is 0 Å². The molecule has 0 bridgehead atoms. The van der Waals surface area contributed by atoms with E-state index in [4.69, 9.17) is 9.47 Å². The van der Waals surface area contributed by atoms with Crippen LogP contribution in [0.5, 0.6) is 11.5 Å². The molecule has 2 aromatic carbocycles. The Morgan fingerprint density at radius 2 is 2.00 bits per heavy atom. The third-order valence-electron chi connectivity index (χ3n) is 3.35. The predicted molar refractivity (Wildman–Crippen MR) is 77.5 cm³/mol. The van der Waals surface area contributed by atoms with E-state index in [1.807, 2.05) is 49.4 Å². The average molecular weight is 268 g/mol. The van der Waals surface area contributed by atoms with Gasteiger partial charge in [-0.15, -0.1) is 0 Å². The number of hydrogen-bond acceptors (Lipinski definition) is 3. The van der Waals surface area contributed by atoms with Gasteiger partial charge in [0, 0.05) is 6.42 Å². The monoisotopic (exact) mass is 268 g/mol. The van der Waals surface area contributed by atoms with Gasteiger partial charge >= 0.3 is 0 Å². The van der Waals surface area contributed by atoms with Crippen LogP contribution in [-0.2, 0) is 0 Å². The van der Waals surface area contributed by atoms with Gasteiger partial charge in [-0.25, -0.2) is 0 Å². The van der Waals surface area contributed by atoms with E-state index in [0.29, 0.717) is 30.9 Å². The highest BCUT2D eigenvalue weighted by Gasteiger charge is 2.18. The Hall–Kier alpha value is -2.29. The SMILES string of the molecule is CCOc1cccc(-c2ccc3c(c2)OCCC3=O)c1. The van der Waals surface area contributed by atoms with Gasteiger partial charge in [-0.3, -0.25) is 4.79 Å². The molecule has 102 valence electrons. The summed E-state index contributed by atoms with van der Waals surface area (Å²) in [5.74, 6) is 1.68. The zero-order valence-corrected chi connectivity index (χ0v) is 11.4. The predicted octanol–water partition coefficient (Wildman–Crippen LogP) is 3.72. The van der Waals surface area contributed by atoms with Crippen molar-refractivity contribution in [3.8, 4) is 22.6 Å². The molecule has 0 saturated heterocycles. The van der Waals surface area contributed by atoms with Crippen LogP contribution in [0.4, 0.5) is 0 Å². The van der Waals surface area contributed by atoms with Crippen LogP contribution in [0.25, 0.3) is 11.1 Å². The second kappa shape index (κ2) is 5.37. The Morgan fingerprint density at radius 3 is 2.85 bits per heavy atom. The van der Waals surface area contributed by atoms with E-state index in [9.17, 15) is 4.79 Å². The largest absolute Gasteiger partial charge is 0.494 e. The lowest BCUT2D eigenvalue weighted by Crippen LogP contribution is -2.15. The Kier molecular flexibility index (Phi) is 3.42. The van der Waals surface area contributed by atoms with Gasteiger partial charge in [-0.2, -0.15) is 0 Å². The summed E-state index contributed by atoms with van der Waals surface area (Å²) in [6.07, 6.45) is 0.464. The molecule has 1 aliphatic heterocycles. The van der Waals surface area contributed by atoms with Crippen molar-refractivity contribution in [1.82, 2.24) is 0 Å². The zero-order valence-electron chi connectivity index (χ0n) is 11.4. The quantitative estimate of drug-likeness (QED) is 0.851. The summed E-state index contributed by atoms with van der Waals surface area (Å²) >= 11 is 0. The number of fused-ring (bicyclic) bond motifs is 1. The summed E-state index contributed by atoms with van der Waals surface area (Å²) in [5, 5.41) is 0. The number of ketones is 1. The molecule has 2 aromatic rings. The van der Waals surface area contributed by atoms with Gasteiger partial charge in [0.05, 0.1) is 18.8 Å². The lowest BCUT2D eigenvalue weighted by Gasteiger charge is -2.17. The molecule has 0 N–H and O–H groups in total. The van der Waals surface area contributed by atoms with Crippen LogP contribution in [0.3, 0.4) is 0 Å². The van der Waals surface area contributed by atoms with Gasteiger partial charge in [0.25, 0.3) is 0 Å². The average Bonchev–Trinajstić information content (AvgIpc) is 2.48. The maximum absolute atomic E-state index is 11.8. The van der Waals surface area contributed by atoms with Gasteiger partial charge in [-0.1, -0.05) is 18.2 Å². The van der Waals surface area contributed by atoms with Crippen molar-refractivity contribution < 1.29 is 14.3 Å². The highest BCUT2D eigenvalue weighted by molar-refractivity contribution is 6.00. The number of ether oxygens (including phenoxy) is 2. The number of hydrogen-bond donors (Lipinski definition) is 0. The maximum atomic E-state index is 11.8. The van der Waals surface area contributed by atoms with Gasteiger partial charge in [0.2, 0.25) is 0 Å². The molecule has 0 radical (unpaired) electrons. The summed E-state index contributed by atoms with van der Waals surface area (Å²) in [4.78, 5) is 11.8. The molecule has 0 aromatic heterocycles. The van der Waals surface area contributed by atoms with Crippen molar-refractivity contribution in [2.75, 3.05) is 13.2 Å². The zero-order chi connectivity index (χ0) is 13.9. The first-order valence-electron chi connectivity index (χ1n) is 6.81. The fraction of sp³-hybridized carbons (Fsp3) is 0.235. The minimum absolute atomic E-state index is 0.154. The first-order chi connectivity index (χ1) is 9.78. The number of Topliss-reactive ketones (excluding diaryl/α,β-unsaturated/α-hetero) is 1.